The largest absolute Gasteiger partial charge is 0.313 e. The van der Waals surface area contributed by atoms with Gasteiger partial charge in [-0.2, -0.15) is 0 Å². The Labute approximate surface area is 144 Å². The summed E-state index contributed by atoms with van der Waals surface area (Å²) in [5.74, 6) is 3.17. The van der Waals surface area contributed by atoms with E-state index in [-0.39, 0.29) is 0 Å². The van der Waals surface area contributed by atoms with E-state index in [1.165, 1.54) is 50.6 Å². The maximum atomic E-state index is 4.46. The van der Waals surface area contributed by atoms with E-state index in [0.717, 1.165) is 37.0 Å². The van der Waals surface area contributed by atoms with Gasteiger partial charge in [0.1, 0.15) is 11.6 Å². The highest BCUT2D eigenvalue weighted by Gasteiger charge is 2.23. The molecule has 2 aliphatic rings. The first-order valence-corrected chi connectivity index (χ1v) is 9.57. The number of benzene rings is 1. The standard InChI is InChI=1S/C20H28N4/c1-3-7-16(8-4-1)13-20-23-22-19-12-11-18(15-24(19)20)21-14-17-9-5-2-6-10-17/h1,3-4,7-8,17-18,21H,2,5-6,9-15H2. The van der Waals surface area contributed by atoms with Gasteiger partial charge in [0.05, 0.1) is 0 Å². The summed E-state index contributed by atoms with van der Waals surface area (Å²) < 4.78 is 2.36. The number of hydrogen-bond acceptors (Lipinski definition) is 3. The van der Waals surface area contributed by atoms with Crippen LogP contribution in [0.2, 0.25) is 0 Å². The normalized spacial score (nSPS) is 21.6. The molecule has 4 nitrogen and oxygen atoms in total. The summed E-state index contributed by atoms with van der Waals surface area (Å²) in [6.45, 7) is 2.22. The molecule has 0 spiro atoms. The first-order chi connectivity index (χ1) is 11.9. The number of aryl methyl sites for hydroxylation is 1. The molecule has 4 rings (SSSR count). The van der Waals surface area contributed by atoms with Gasteiger partial charge in [0.15, 0.2) is 0 Å². The maximum absolute atomic E-state index is 4.46. The van der Waals surface area contributed by atoms with E-state index in [4.69, 9.17) is 0 Å². The molecule has 4 heteroatoms. The average Bonchev–Trinajstić information content (AvgIpc) is 3.04. The van der Waals surface area contributed by atoms with Gasteiger partial charge in [-0.25, -0.2) is 0 Å². The van der Waals surface area contributed by atoms with Crippen LogP contribution in [0.15, 0.2) is 30.3 Å². The first kappa shape index (κ1) is 15.8. The van der Waals surface area contributed by atoms with Crippen LogP contribution in [0.25, 0.3) is 0 Å². The number of fused-ring (bicyclic) bond motifs is 1. The number of aromatic nitrogens is 3. The van der Waals surface area contributed by atoms with Crippen molar-refractivity contribution in [2.24, 2.45) is 5.92 Å². The Morgan fingerprint density at radius 3 is 2.67 bits per heavy atom. The summed E-state index contributed by atoms with van der Waals surface area (Å²) in [7, 11) is 0. The third-order valence-corrected chi connectivity index (χ3v) is 5.65. The summed E-state index contributed by atoms with van der Waals surface area (Å²) in [5, 5.41) is 12.7. The molecule has 1 aliphatic carbocycles. The highest BCUT2D eigenvalue weighted by atomic mass is 15.3. The molecular weight excluding hydrogens is 296 g/mol. The number of rotatable bonds is 5. The summed E-state index contributed by atoms with van der Waals surface area (Å²) in [4.78, 5) is 0. The van der Waals surface area contributed by atoms with E-state index >= 15 is 0 Å². The van der Waals surface area contributed by atoms with Crippen molar-refractivity contribution in [2.75, 3.05) is 6.54 Å². The van der Waals surface area contributed by atoms with Crippen molar-refractivity contribution in [3.63, 3.8) is 0 Å². The molecule has 1 fully saturated rings. The zero-order valence-corrected chi connectivity index (χ0v) is 14.5. The van der Waals surface area contributed by atoms with Crippen LogP contribution >= 0.6 is 0 Å². The molecule has 1 aromatic heterocycles. The molecule has 0 radical (unpaired) electrons. The van der Waals surface area contributed by atoms with Gasteiger partial charge in [-0.1, -0.05) is 49.6 Å². The van der Waals surface area contributed by atoms with Crippen LogP contribution in [0.4, 0.5) is 0 Å². The monoisotopic (exact) mass is 324 g/mol. The molecule has 24 heavy (non-hydrogen) atoms. The van der Waals surface area contributed by atoms with Gasteiger partial charge < -0.3 is 9.88 Å². The molecule has 0 saturated heterocycles. The fourth-order valence-corrected chi connectivity index (χ4v) is 4.18. The van der Waals surface area contributed by atoms with Gasteiger partial charge >= 0.3 is 0 Å². The minimum Gasteiger partial charge on any atom is -0.313 e. The highest BCUT2D eigenvalue weighted by Crippen LogP contribution is 2.24. The van der Waals surface area contributed by atoms with Crippen molar-refractivity contribution < 1.29 is 0 Å². The van der Waals surface area contributed by atoms with Gasteiger partial charge in [-0.15, -0.1) is 10.2 Å². The first-order valence-electron chi connectivity index (χ1n) is 9.57. The zero-order valence-electron chi connectivity index (χ0n) is 14.5. The van der Waals surface area contributed by atoms with Crippen molar-refractivity contribution in [3.8, 4) is 0 Å². The van der Waals surface area contributed by atoms with E-state index < -0.39 is 0 Å². The summed E-state index contributed by atoms with van der Waals surface area (Å²) in [5.41, 5.74) is 1.31. The molecule has 1 aliphatic heterocycles. The highest BCUT2D eigenvalue weighted by molar-refractivity contribution is 5.19. The Morgan fingerprint density at radius 2 is 1.83 bits per heavy atom. The van der Waals surface area contributed by atoms with E-state index in [1.807, 2.05) is 0 Å². The molecule has 2 heterocycles. The van der Waals surface area contributed by atoms with Crippen molar-refractivity contribution in [2.45, 2.75) is 64.0 Å². The fourth-order valence-electron chi connectivity index (χ4n) is 4.18. The van der Waals surface area contributed by atoms with Crippen LogP contribution in [0.1, 0.15) is 55.7 Å². The fraction of sp³-hybridized carbons (Fsp3) is 0.600. The van der Waals surface area contributed by atoms with Crippen LogP contribution in [-0.2, 0) is 19.4 Å². The molecule has 1 saturated carbocycles. The Balaban J connectivity index is 1.37. The molecule has 1 aromatic carbocycles. The third-order valence-electron chi connectivity index (χ3n) is 5.65. The lowest BCUT2D eigenvalue weighted by Gasteiger charge is -2.29. The van der Waals surface area contributed by atoms with Crippen LogP contribution in [0.3, 0.4) is 0 Å². The summed E-state index contributed by atoms with van der Waals surface area (Å²) in [6.07, 6.45) is 10.2. The number of nitrogens with one attached hydrogen (secondary N) is 1. The lowest BCUT2D eigenvalue weighted by atomic mass is 9.89. The molecular formula is C20H28N4. The minimum atomic E-state index is 0.574. The van der Waals surface area contributed by atoms with E-state index in [1.54, 1.807) is 0 Å². The van der Waals surface area contributed by atoms with Crippen molar-refractivity contribution in [1.29, 1.82) is 0 Å². The Kier molecular flexibility index (Phi) is 4.93. The lowest BCUT2D eigenvalue weighted by molar-refractivity contribution is 0.300. The number of nitrogens with zero attached hydrogens (tertiary/aromatic N) is 3. The second-order valence-corrected chi connectivity index (χ2v) is 7.45. The molecule has 0 amide bonds. The minimum absolute atomic E-state index is 0.574. The molecule has 0 bridgehead atoms. The smallest absolute Gasteiger partial charge is 0.137 e. The number of hydrogen-bond donors (Lipinski definition) is 1. The van der Waals surface area contributed by atoms with Crippen LogP contribution in [0.5, 0.6) is 0 Å². The van der Waals surface area contributed by atoms with Crippen molar-refractivity contribution in [3.05, 3.63) is 47.5 Å². The predicted octanol–water partition coefficient (Wildman–Crippen LogP) is 3.35. The molecule has 128 valence electrons. The zero-order chi connectivity index (χ0) is 16.2. The van der Waals surface area contributed by atoms with Crippen molar-refractivity contribution in [1.82, 2.24) is 20.1 Å². The molecule has 1 atom stereocenters. The second-order valence-electron chi connectivity index (χ2n) is 7.45. The molecule has 1 unspecified atom stereocenters. The van der Waals surface area contributed by atoms with Crippen molar-refractivity contribution >= 4 is 0 Å². The topological polar surface area (TPSA) is 42.7 Å². The second kappa shape index (κ2) is 7.47. The Bertz CT molecular complexity index is 643. The Morgan fingerprint density at radius 1 is 1.00 bits per heavy atom. The average molecular weight is 324 g/mol. The molecule has 1 N–H and O–H groups in total. The maximum Gasteiger partial charge on any atom is 0.137 e. The van der Waals surface area contributed by atoms with E-state index in [9.17, 15) is 0 Å². The van der Waals surface area contributed by atoms with E-state index in [2.05, 4.69) is 50.4 Å². The third kappa shape index (κ3) is 3.69. The van der Waals surface area contributed by atoms with Gasteiger partial charge in [0.25, 0.3) is 0 Å². The van der Waals surface area contributed by atoms with Gasteiger partial charge in [0, 0.05) is 25.4 Å². The van der Waals surface area contributed by atoms with Crippen LogP contribution in [0, 0.1) is 5.92 Å². The SMILES string of the molecule is c1ccc(Cc2nnc3n2CC(NCC2CCCCC2)CC3)cc1. The predicted molar refractivity (Wildman–Crippen MR) is 96.0 cm³/mol. The lowest BCUT2D eigenvalue weighted by Crippen LogP contribution is -2.40. The Hall–Kier alpha value is -1.68. The quantitative estimate of drug-likeness (QED) is 0.917. The van der Waals surface area contributed by atoms with Gasteiger partial charge in [-0.3, -0.25) is 0 Å². The van der Waals surface area contributed by atoms with Crippen LogP contribution in [-0.4, -0.2) is 27.4 Å². The molecule has 2 aromatic rings. The summed E-state index contributed by atoms with van der Waals surface area (Å²) in [6, 6.07) is 11.2. The summed E-state index contributed by atoms with van der Waals surface area (Å²) >= 11 is 0. The van der Waals surface area contributed by atoms with Crippen LogP contribution < -0.4 is 5.32 Å². The van der Waals surface area contributed by atoms with Gasteiger partial charge in [-0.05, 0) is 37.3 Å². The van der Waals surface area contributed by atoms with E-state index in [0.29, 0.717) is 6.04 Å². The van der Waals surface area contributed by atoms with Gasteiger partial charge in [0.2, 0.25) is 0 Å².